The molecule has 2 atom stereocenters. The predicted molar refractivity (Wildman–Crippen MR) is 86.9 cm³/mol. The minimum absolute atomic E-state index is 0.469. The molecule has 2 fully saturated rings. The first kappa shape index (κ1) is 15.3. The van der Waals surface area contributed by atoms with Gasteiger partial charge in [0.2, 0.25) is 0 Å². The van der Waals surface area contributed by atoms with Gasteiger partial charge in [-0.05, 0) is 32.6 Å². The van der Waals surface area contributed by atoms with Crippen molar-refractivity contribution in [3.63, 3.8) is 0 Å². The molecule has 122 valence electrons. The molecule has 2 N–H and O–H groups in total. The molecule has 6 nitrogen and oxygen atoms in total. The number of hydrogen-bond acceptors (Lipinski definition) is 4. The Bertz CT molecular complexity index is 529. The SMILES string of the molecule is CN=C(NCc1c(C)noc1C)NC1CN(C2CC2)CC1C. The average molecular weight is 305 g/mol. The van der Waals surface area contributed by atoms with Crippen LogP contribution in [0.15, 0.2) is 9.52 Å². The van der Waals surface area contributed by atoms with E-state index < -0.39 is 0 Å². The van der Waals surface area contributed by atoms with Crippen LogP contribution in [-0.2, 0) is 6.54 Å². The second kappa shape index (κ2) is 6.28. The van der Waals surface area contributed by atoms with E-state index in [-0.39, 0.29) is 0 Å². The lowest BCUT2D eigenvalue weighted by molar-refractivity contribution is 0.315. The lowest BCUT2D eigenvalue weighted by Crippen LogP contribution is -2.46. The Balaban J connectivity index is 1.54. The zero-order valence-corrected chi connectivity index (χ0v) is 14.0. The number of aliphatic imine (C=N–C) groups is 1. The summed E-state index contributed by atoms with van der Waals surface area (Å²) in [6.45, 7) is 9.24. The van der Waals surface area contributed by atoms with Crippen LogP contribution in [0, 0.1) is 19.8 Å². The Kier molecular flexibility index (Phi) is 4.38. The lowest BCUT2D eigenvalue weighted by Gasteiger charge is -2.20. The summed E-state index contributed by atoms with van der Waals surface area (Å²) in [6.07, 6.45) is 2.75. The lowest BCUT2D eigenvalue weighted by atomic mass is 10.1. The van der Waals surface area contributed by atoms with Gasteiger partial charge in [-0.1, -0.05) is 12.1 Å². The van der Waals surface area contributed by atoms with Gasteiger partial charge in [0, 0.05) is 44.3 Å². The molecule has 1 saturated heterocycles. The fourth-order valence-electron chi connectivity index (χ4n) is 3.23. The van der Waals surface area contributed by atoms with Gasteiger partial charge in [0.15, 0.2) is 5.96 Å². The summed E-state index contributed by atoms with van der Waals surface area (Å²) in [5.74, 6) is 2.38. The van der Waals surface area contributed by atoms with Crippen molar-refractivity contribution in [3.8, 4) is 0 Å². The fraction of sp³-hybridized carbons (Fsp3) is 0.750. The number of guanidine groups is 1. The summed E-state index contributed by atoms with van der Waals surface area (Å²) in [6, 6.07) is 1.31. The van der Waals surface area contributed by atoms with Gasteiger partial charge in [0.1, 0.15) is 5.76 Å². The maximum atomic E-state index is 5.20. The number of nitrogens with zero attached hydrogens (tertiary/aromatic N) is 3. The van der Waals surface area contributed by atoms with Crippen LogP contribution < -0.4 is 10.6 Å². The first-order valence-corrected chi connectivity index (χ1v) is 8.21. The van der Waals surface area contributed by atoms with Gasteiger partial charge < -0.3 is 15.2 Å². The van der Waals surface area contributed by atoms with E-state index in [4.69, 9.17) is 4.52 Å². The highest BCUT2D eigenvalue weighted by molar-refractivity contribution is 5.80. The molecule has 2 aliphatic rings. The standard InChI is InChI=1S/C16H27N5O/c1-10-8-21(13-5-6-13)9-15(10)19-16(17-4)18-7-14-11(2)20-22-12(14)3/h10,13,15H,5-9H2,1-4H3,(H2,17,18,19). The third-order valence-electron chi connectivity index (χ3n) is 4.86. The van der Waals surface area contributed by atoms with Crippen LogP contribution in [0.1, 0.15) is 36.8 Å². The Morgan fingerprint density at radius 1 is 1.36 bits per heavy atom. The minimum Gasteiger partial charge on any atom is -0.361 e. The smallest absolute Gasteiger partial charge is 0.191 e. The maximum absolute atomic E-state index is 5.20. The van der Waals surface area contributed by atoms with Crippen LogP contribution in [0.3, 0.4) is 0 Å². The largest absolute Gasteiger partial charge is 0.361 e. The molecule has 0 spiro atoms. The monoisotopic (exact) mass is 305 g/mol. The Labute approximate surface area is 132 Å². The van der Waals surface area contributed by atoms with Crippen LogP contribution in [0.4, 0.5) is 0 Å². The molecule has 2 heterocycles. The van der Waals surface area contributed by atoms with E-state index in [1.165, 1.54) is 19.4 Å². The van der Waals surface area contributed by atoms with Gasteiger partial charge in [-0.3, -0.25) is 9.89 Å². The third-order valence-corrected chi connectivity index (χ3v) is 4.86. The fourth-order valence-corrected chi connectivity index (χ4v) is 3.23. The minimum atomic E-state index is 0.469. The molecule has 22 heavy (non-hydrogen) atoms. The van der Waals surface area contributed by atoms with Crippen LogP contribution in [0.25, 0.3) is 0 Å². The molecule has 1 aliphatic heterocycles. The highest BCUT2D eigenvalue weighted by Crippen LogP contribution is 2.31. The van der Waals surface area contributed by atoms with Crippen molar-refractivity contribution in [2.24, 2.45) is 10.9 Å². The Hall–Kier alpha value is -1.56. The highest BCUT2D eigenvalue weighted by atomic mass is 16.5. The van der Waals surface area contributed by atoms with E-state index in [0.717, 1.165) is 35.6 Å². The number of aryl methyl sites for hydroxylation is 2. The van der Waals surface area contributed by atoms with Gasteiger partial charge in [0.05, 0.1) is 5.69 Å². The molecule has 0 aromatic carbocycles. The van der Waals surface area contributed by atoms with E-state index in [1.54, 1.807) is 0 Å². The molecule has 1 saturated carbocycles. The number of nitrogens with one attached hydrogen (secondary N) is 2. The molecule has 1 aromatic heterocycles. The van der Waals surface area contributed by atoms with Gasteiger partial charge in [-0.2, -0.15) is 0 Å². The van der Waals surface area contributed by atoms with Crippen LogP contribution in [0.2, 0.25) is 0 Å². The molecule has 0 radical (unpaired) electrons. The van der Waals surface area contributed by atoms with Crippen molar-refractivity contribution in [2.45, 2.75) is 52.2 Å². The van der Waals surface area contributed by atoms with E-state index in [9.17, 15) is 0 Å². The summed E-state index contributed by atoms with van der Waals surface area (Å²) in [4.78, 5) is 6.97. The van der Waals surface area contributed by atoms with Crippen molar-refractivity contribution in [1.82, 2.24) is 20.7 Å². The van der Waals surface area contributed by atoms with Crippen molar-refractivity contribution in [2.75, 3.05) is 20.1 Å². The number of aromatic nitrogens is 1. The molecular formula is C16H27N5O. The molecule has 0 bridgehead atoms. The average Bonchev–Trinajstić information content (AvgIpc) is 3.22. The van der Waals surface area contributed by atoms with E-state index in [2.05, 4.69) is 32.6 Å². The van der Waals surface area contributed by atoms with Gasteiger partial charge >= 0.3 is 0 Å². The molecule has 6 heteroatoms. The first-order chi connectivity index (χ1) is 10.6. The second-order valence-corrected chi connectivity index (χ2v) is 6.64. The normalized spacial score (nSPS) is 26.5. The van der Waals surface area contributed by atoms with E-state index >= 15 is 0 Å². The topological polar surface area (TPSA) is 65.7 Å². The van der Waals surface area contributed by atoms with Crippen molar-refractivity contribution < 1.29 is 4.52 Å². The summed E-state index contributed by atoms with van der Waals surface area (Å²) in [5.41, 5.74) is 2.05. The summed E-state index contributed by atoms with van der Waals surface area (Å²) in [7, 11) is 1.82. The van der Waals surface area contributed by atoms with Gasteiger partial charge in [-0.15, -0.1) is 0 Å². The molecular weight excluding hydrogens is 278 g/mol. The number of likely N-dealkylation sites (tertiary alicyclic amines) is 1. The molecule has 2 unspecified atom stereocenters. The molecule has 3 rings (SSSR count). The van der Waals surface area contributed by atoms with Gasteiger partial charge in [0.25, 0.3) is 0 Å². The second-order valence-electron chi connectivity index (χ2n) is 6.64. The molecule has 1 aliphatic carbocycles. The zero-order chi connectivity index (χ0) is 15.7. The summed E-state index contributed by atoms with van der Waals surface area (Å²) >= 11 is 0. The number of hydrogen-bond donors (Lipinski definition) is 2. The predicted octanol–water partition coefficient (Wildman–Crippen LogP) is 1.44. The van der Waals surface area contributed by atoms with Crippen molar-refractivity contribution in [1.29, 1.82) is 0 Å². The van der Waals surface area contributed by atoms with Crippen molar-refractivity contribution in [3.05, 3.63) is 17.0 Å². The summed E-state index contributed by atoms with van der Waals surface area (Å²) in [5, 5.41) is 10.9. The first-order valence-electron chi connectivity index (χ1n) is 8.21. The molecule has 1 aromatic rings. The Morgan fingerprint density at radius 3 is 2.73 bits per heavy atom. The Morgan fingerprint density at radius 2 is 2.14 bits per heavy atom. The zero-order valence-electron chi connectivity index (χ0n) is 14.0. The van der Waals surface area contributed by atoms with Crippen LogP contribution >= 0.6 is 0 Å². The van der Waals surface area contributed by atoms with Crippen LogP contribution in [-0.4, -0.2) is 48.2 Å². The van der Waals surface area contributed by atoms with Gasteiger partial charge in [-0.25, -0.2) is 0 Å². The number of rotatable bonds is 4. The van der Waals surface area contributed by atoms with E-state index in [0.29, 0.717) is 18.5 Å². The maximum Gasteiger partial charge on any atom is 0.191 e. The van der Waals surface area contributed by atoms with Crippen LogP contribution in [0.5, 0.6) is 0 Å². The summed E-state index contributed by atoms with van der Waals surface area (Å²) < 4.78 is 5.20. The van der Waals surface area contributed by atoms with Crippen molar-refractivity contribution >= 4 is 5.96 Å². The highest BCUT2D eigenvalue weighted by Gasteiger charge is 2.38. The van der Waals surface area contributed by atoms with E-state index in [1.807, 2.05) is 20.9 Å². The quantitative estimate of drug-likeness (QED) is 0.651. The third kappa shape index (κ3) is 3.27. The molecule has 0 amide bonds.